The van der Waals surface area contributed by atoms with Crippen LogP contribution in [0.5, 0.6) is 0 Å². The van der Waals surface area contributed by atoms with E-state index in [1.54, 1.807) is 0 Å². The van der Waals surface area contributed by atoms with Crippen LogP contribution in [-0.4, -0.2) is 5.78 Å². The maximum Gasteiger partial charge on any atom is 0.159 e. The van der Waals surface area contributed by atoms with Crippen molar-refractivity contribution in [1.82, 2.24) is 0 Å². The molecule has 0 fully saturated rings. The molecule has 0 saturated carbocycles. The highest BCUT2D eigenvalue weighted by atomic mass is 16.1. The zero-order valence-electron chi connectivity index (χ0n) is 13.0. The second-order valence-corrected chi connectivity index (χ2v) is 6.14. The number of allylic oxidation sites excluding steroid dienone is 4. The van der Waals surface area contributed by atoms with Gasteiger partial charge >= 0.3 is 0 Å². The van der Waals surface area contributed by atoms with Gasteiger partial charge < -0.3 is 0 Å². The number of unbranched alkanes of at least 4 members (excludes halogenated alkanes) is 1. The molecule has 0 bridgehead atoms. The van der Waals surface area contributed by atoms with Gasteiger partial charge in [-0.05, 0) is 50.0 Å². The van der Waals surface area contributed by atoms with Crippen LogP contribution in [0.1, 0.15) is 59.8 Å². The Morgan fingerprint density at radius 3 is 2.63 bits per heavy atom. The summed E-state index contributed by atoms with van der Waals surface area (Å²) in [5, 5.41) is 0. The fourth-order valence-corrected chi connectivity index (χ4v) is 3.48. The second kappa shape index (κ2) is 6.36. The Hall–Kier alpha value is -1.11. The van der Waals surface area contributed by atoms with Crippen molar-refractivity contribution in [3.63, 3.8) is 0 Å². The van der Waals surface area contributed by atoms with Crippen molar-refractivity contribution >= 4 is 5.78 Å². The van der Waals surface area contributed by atoms with Crippen molar-refractivity contribution in [2.45, 2.75) is 59.8 Å². The molecule has 106 valence electrons. The molecule has 1 aliphatic carbocycles. The highest BCUT2D eigenvalue weighted by Crippen LogP contribution is 2.50. The van der Waals surface area contributed by atoms with Crippen LogP contribution in [0.2, 0.25) is 0 Å². The summed E-state index contributed by atoms with van der Waals surface area (Å²) in [6.07, 6.45) is 6.87. The second-order valence-electron chi connectivity index (χ2n) is 6.14. The molecule has 0 unspecified atom stereocenters. The van der Waals surface area contributed by atoms with E-state index in [0.29, 0.717) is 12.2 Å². The first-order chi connectivity index (χ1) is 8.88. The molecule has 0 amide bonds. The molecule has 0 aromatic rings. The van der Waals surface area contributed by atoms with Crippen LogP contribution >= 0.6 is 0 Å². The summed E-state index contributed by atoms with van der Waals surface area (Å²) < 4.78 is 0. The van der Waals surface area contributed by atoms with Crippen molar-refractivity contribution in [2.24, 2.45) is 11.3 Å². The minimum Gasteiger partial charge on any atom is -0.295 e. The Kier molecular flexibility index (Phi) is 5.34. The molecular weight excluding hydrogens is 232 g/mol. The number of rotatable bonds is 6. The van der Waals surface area contributed by atoms with Crippen LogP contribution in [0.4, 0.5) is 0 Å². The Morgan fingerprint density at radius 1 is 1.53 bits per heavy atom. The standard InChI is InChI=1S/C18H28O/c1-7-9-10-15-14(5)17(19)12-16(13(3)4)18(15,6)11-8-2/h8,16H,2-3,7,9-12H2,1,4-6H3/t16-,18-/m0/s1. The van der Waals surface area contributed by atoms with E-state index in [-0.39, 0.29) is 11.3 Å². The predicted octanol–water partition coefficient (Wildman–Crippen LogP) is 5.24. The first-order valence-corrected chi connectivity index (χ1v) is 7.38. The summed E-state index contributed by atoms with van der Waals surface area (Å²) >= 11 is 0. The highest BCUT2D eigenvalue weighted by molar-refractivity contribution is 5.97. The van der Waals surface area contributed by atoms with E-state index in [1.165, 1.54) is 5.57 Å². The lowest BCUT2D eigenvalue weighted by atomic mass is 9.59. The Bertz CT molecular complexity index is 413. The molecule has 0 aromatic carbocycles. The molecule has 1 nitrogen and oxygen atoms in total. The normalized spacial score (nSPS) is 27.6. The van der Waals surface area contributed by atoms with E-state index in [0.717, 1.165) is 36.8 Å². The van der Waals surface area contributed by atoms with Gasteiger partial charge in [0, 0.05) is 6.42 Å². The summed E-state index contributed by atoms with van der Waals surface area (Å²) in [6.45, 7) is 16.6. The molecule has 1 rings (SSSR count). The summed E-state index contributed by atoms with van der Waals surface area (Å²) in [6, 6.07) is 0. The first kappa shape index (κ1) is 15.9. The van der Waals surface area contributed by atoms with E-state index >= 15 is 0 Å². The number of carbonyl (C=O) groups excluding carboxylic acids is 1. The van der Waals surface area contributed by atoms with Gasteiger partial charge in [-0.1, -0.05) is 44.1 Å². The van der Waals surface area contributed by atoms with E-state index in [2.05, 4.69) is 33.9 Å². The maximum atomic E-state index is 12.2. The maximum absolute atomic E-state index is 12.2. The average molecular weight is 260 g/mol. The molecule has 0 radical (unpaired) electrons. The van der Waals surface area contributed by atoms with Gasteiger partial charge in [0.05, 0.1) is 0 Å². The molecule has 0 heterocycles. The molecule has 1 aliphatic rings. The van der Waals surface area contributed by atoms with Crippen LogP contribution in [0.3, 0.4) is 0 Å². The summed E-state index contributed by atoms with van der Waals surface area (Å²) in [5.74, 6) is 0.564. The van der Waals surface area contributed by atoms with Gasteiger partial charge in [0.1, 0.15) is 0 Å². The van der Waals surface area contributed by atoms with Gasteiger partial charge in [0.15, 0.2) is 5.78 Å². The smallest absolute Gasteiger partial charge is 0.159 e. The third kappa shape index (κ3) is 3.08. The van der Waals surface area contributed by atoms with E-state index in [9.17, 15) is 4.79 Å². The van der Waals surface area contributed by atoms with Crippen molar-refractivity contribution in [3.8, 4) is 0 Å². The zero-order chi connectivity index (χ0) is 14.6. The number of ketones is 1. The number of hydrogen-bond acceptors (Lipinski definition) is 1. The third-order valence-corrected chi connectivity index (χ3v) is 4.66. The summed E-state index contributed by atoms with van der Waals surface area (Å²) in [4.78, 5) is 12.2. The zero-order valence-corrected chi connectivity index (χ0v) is 13.0. The monoisotopic (exact) mass is 260 g/mol. The van der Waals surface area contributed by atoms with Gasteiger partial charge in [-0.3, -0.25) is 4.79 Å². The molecule has 0 aromatic heterocycles. The topological polar surface area (TPSA) is 17.1 Å². The minimum absolute atomic E-state index is 0.0285. The molecular formula is C18H28O. The van der Waals surface area contributed by atoms with Crippen molar-refractivity contribution in [3.05, 3.63) is 36.0 Å². The summed E-state index contributed by atoms with van der Waals surface area (Å²) in [7, 11) is 0. The van der Waals surface area contributed by atoms with E-state index < -0.39 is 0 Å². The van der Waals surface area contributed by atoms with Crippen LogP contribution in [0, 0.1) is 11.3 Å². The number of carbonyl (C=O) groups is 1. The lowest BCUT2D eigenvalue weighted by Gasteiger charge is -2.44. The number of hydrogen-bond donors (Lipinski definition) is 0. The first-order valence-electron chi connectivity index (χ1n) is 7.38. The van der Waals surface area contributed by atoms with Gasteiger partial charge in [0.25, 0.3) is 0 Å². The Morgan fingerprint density at radius 2 is 2.16 bits per heavy atom. The van der Waals surface area contributed by atoms with Crippen molar-refractivity contribution in [2.75, 3.05) is 0 Å². The van der Waals surface area contributed by atoms with Gasteiger partial charge in [-0.25, -0.2) is 0 Å². The lowest BCUT2D eigenvalue weighted by molar-refractivity contribution is -0.117. The average Bonchev–Trinajstić information content (AvgIpc) is 2.34. The fourth-order valence-electron chi connectivity index (χ4n) is 3.48. The Labute approximate surface area is 118 Å². The molecule has 0 N–H and O–H groups in total. The van der Waals surface area contributed by atoms with Gasteiger partial charge in [0.2, 0.25) is 0 Å². The quantitative estimate of drug-likeness (QED) is 0.597. The third-order valence-electron chi connectivity index (χ3n) is 4.66. The van der Waals surface area contributed by atoms with Crippen molar-refractivity contribution < 1.29 is 4.79 Å². The van der Waals surface area contributed by atoms with E-state index in [4.69, 9.17) is 0 Å². The van der Waals surface area contributed by atoms with E-state index in [1.807, 2.05) is 13.0 Å². The predicted molar refractivity (Wildman–Crippen MR) is 83.1 cm³/mol. The molecule has 19 heavy (non-hydrogen) atoms. The van der Waals surface area contributed by atoms with Crippen LogP contribution in [0.15, 0.2) is 36.0 Å². The molecule has 0 spiro atoms. The Balaban J connectivity index is 3.29. The largest absolute Gasteiger partial charge is 0.295 e. The molecule has 0 saturated heterocycles. The lowest BCUT2D eigenvalue weighted by Crippen LogP contribution is -2.37. The molecule has 0 aliphatic heterocycles. The van der Waals surface area contributed by atoms with Crippen LogP contribution in [-0.2, 0) is 4.79 Å². The molecule has 1 heteroatoms. The van der Waals surface area contributed by atoms with Crippen LogP contribution in [0.25, 0.3) is 0 Å². The minimum atomic E-state index is 0.0285. The SMILES string of the molecule is C=CC[C@@]1(C)C(CCCC)=C(C)C(=O)C[C@H]1C(=C)C. The van der Waals surface area contributed by atoms with Gasteiger partial charge in [-0.2, -0.15) is 0 Å². The van der Waals surface area contributed by atoms with Crippen molar-refractivity contribution in [1.29, 1.82) is 0 Å². The number of Topliss-reactive ketones (excluding diaryl/α,β-unsaturated/α-hetero) is 1. The van der Waals surface area contributed by atoms with Gasteiger partial charge in [-0.15, -0.1) is 6.58 Å². The van der Waals surface area contributed by atoms with Crippen LogP contribution < -0.4 is 0 Å². The summed E-state index contributed by atoms with van der Waals surface area (Å²) in [5.41, 5.74) is 3.49. The highest BCUT2D eigenvalue weighted by Gasteiger charge is 2.42. The fraction of sp³-hybridized carbons (Fsp3) is 0.611. The molecule has 2 atom stereocenters.